The van der Waals surface area contributed by atoms with E-state index in [2.05, 4.69) is 10.3 Å². The van der Waals surface area contributed by atoms with Crippen molar-refractivity contribution in [1.29, 1.82) is 0 Å². The van der Waals surface area contributed by atoms with Crippen molar-refractivity contribution in [3.63, 3.8) is 0 Å². The minimum absolute atomic E-state index is 0.175. The minimum Gasteiger partial charge on any atom is -0.336 e. The van der Waals surface area contributed by atoms with Crippen LogP contribution in [0.1, 0.15) is 17.3 Å². The SMILES string of the molecule is CNC(c1cc(F)ccc1Cl)c1cncn1C. The van der Waals surface area contributed by atoms with Gasteiger partial charge in [-0.15, -0.1) is 0 Å². The molecule has 90 valence electrons. The van der Waals surface area contributed by atoms with Crippen molar-refractivity contribution in [3.8, 4) is 0 Å². The third-order valence-corrected chi connectivity index (χ3v) is 3.05. The molecule has 5 heteroatoms. The summed E-state index contributed by atoms with van der Waals surface area (Å²) in [4.78, 5) is 4.05. The number of hydrogen-bond donors (Lipinski definition) is 1. The van der Waals surface area contributed by atoms with E-state index < -0.39 is 0 Å². The lowest BCUT2D eigenvalue weighted by molar-refractivity contribution is 0.606. The second-order valence-electron chi connectivity index (χ2n) is 3.82. The van der Waals surface area contributed by atoms with Crippen LogP contribution in [0.2, 0.25) is 5.02 Å². The number of aromatic nitrogens is 2. The first-order valence-electron chi connectivity index (χ1n) is 5.22. The fraction of sp³-hybridized carbons (Fsp3) is 0.250. The molecule has 0 saturated heterocycles. The van der Waals surface area contributed by atoms with Crippen LogP contribution in [0.3, 0.4) is 0 Å². The Bertz CT molecular complexity index is 524. The molecule has 0 spiro atoms. The zero-order valence-electron chi connectivity index (χ0n) is 9.61. The molecule has 17 heavy (non-hydrogen) atoms. The molecule has 2 aromatic rings. The molecule has 1 aromatic carbocycles. The van der Waals surface area contributed by atoms with Crippen LogP contribution < -0.4 is 5.32 Å². The highest BCUT2D eigenvalue weighted by atomic mass is 35.5. The van der Waals surface area contributed by atoms with Crippen LogP contribution in [-0.2, 0) is 7.05 Å². The Labute approximate surface area is 104 Å². The number of nitrogens with zero attached hydrogens (tertiary/aromatic N) is 2. The monoisotopic (exact) mass is 253 g/mol. The average molecular weight is 254 g/mol. The first-order valence-corrected chi connectivity index (χ1v) is 5.59. The van der Waals surface area contributed by atoms with Crippen LogP contribution in [0.15, 0.2) is 30.7 Å². The third-order valence-electron chi connectivity index (χ3n) is 2.71. The summed E-state index contributed by atoms with van der Waals surface area (Å²) in [7, 11) is 3.69. The second kappa shape index (κ2) is 4.85. The molecule has 3 nitrogen and oxygen atoms in total. The molecule has 0 aliphatic heterocycles. The van der Waals surface area contributed by atoms with Gasteiger partial charge in [0.15, 0.2) is 0 Å². The van der Waals surface area contributed by atoms with Crippen molar-refractivity contribution >= 4 is 11.6 Å². The van der Waals surface area contributed by atoms with E-state index in [0.29, 0.717) is 10.6 Å². The van der Waals surface area contributed by atoms with E-state index in [1.807, 2.05) is 11.6 Å². The first-order chi connectivity index (χ1) is 8.13. The minimum atomic E-state index is -0.299. The topological polar surface area (TPSA) is 29.9 Å². The highest BCUT2D eigenvalue weighted by Gasteiger charge is 2.18. The van der Waals surface area contributed by atoms with E-state index >= 15 is 0 Å². The van der Waals surface area contributed by atoms with Gasteiger partial charge in [-0.1, -0.05) is 11.6 Å². The number of aryl methyl sites for hydroxylation is 1. The second-order valence-corrected chi connectivity index (χ2v) is 4.22. The van der Waals surface area contributed by atoms with E-state index in [1.165, 1.54) is 12.1 Å². The van der Waals surface area contributed by atoms with E-state index in [1.54, 1.807) is 25.6 Å². The van der Waals surface area contributed by atoms with Gasteiger partial charge in [-0.2, -0.15) is 0 Å². The van der Waals surface area contributed by atoms with Gasteiger partial charge in [-0.05, 0) is 30.8 Å². The summed E-state index contributed by atoms with van der Waals surface area (Å²) in [6, 6.07) is 4.18. The Kier molecular flexibility index (Phi) is 3.45. The Balaban J connectivity index is 2.49. The summed E-state index contributed by atoms with van der Waals surface area (Å²) in [6.07, 6.45) is 3.44. The molecule has 0 fully saturated rings. The van der Waals surface area contributed by atoms with Gasteiger partial charge in [0.25, 0.3) is 0 Å². The molecule has 1 atom stereocenters. The lowest BCUT2D eigenvalue weighted by Gasteiger charge is -2.18. The van der Waals surface area contributed by atoms with Crippen LogP contribution in [0.5, 0.6) is 0 Å². The molecular weight excluding hydrogens is 241 g/mol. The number of imidazole rings is 1. The van der Waals surface area contributed by atoms with Gasteiger partial charge in [-0.3, -0.25) is 0 Å². The lowest BCUT2D eigenvalue weighted by atomic mass is 10.0. The van der Waals surface area contributed by atoms with Gasteiger partial charge in [0.2, 0.25) is 0 Å². The maximum Gasteiger partial charge on any atom is 0.123 e. The molecular formula is C12H13ClFN3. The number of halogens is 2. The van der Waals surface area contributed by atoms with Crippen molar-refractivity contribution in [3.05, 3.63) is 52.8 Å². The molecule has 0 aliphatic rings. The van der Waals surface area contributed by atoms with Crippen LogP contribution in [-0.4, -0.2) is 16.6 Å². The predicted octanol–water partition coefficient (Wildman–Crippen LogP) is 2.52. The maximum absolute atomic E-state index is 13.3. The summed E-state index contributed by atoms with van der Waals surface area (Å²) in [5.74, 6) is -0.299. The first kappa shape index (κ1) is 12.1. The fourth-order valence-electron chi connectivity index (χ4n) is 1.84. The lowest BCUT2D eigenvalue weighted by Crippen LogP contribution is -2.20. The van der Waals surface area contributed by atoms with Crippen molar-refractivity contribution in [2.75, 3.05) is 7.05 Å². The Hall–Kier alpha value is -1.39. The molecule has 0 bridgehead atoms. The van der Waals surface area contributed by atoms with E-state index in [9.17, 15) is 4.39 Å². The highest BCUT2D eigenvalue weighted by Crippen LogP contribution is 2.28. The van der Waals surface area contributed by atoms with Crippen LogP contribution in [0.4, 0.5) is 4.39 Å². The Morgan fingerprint density at radius 3 is 2.82 bits per heavy atom. The molecule has 2 rings (SSSR count). The summed E-state index contributed by atoms with van der Waals surface area (Å²) in [5.41, 5.74) is 1.64. The Morgan fingerprint density at radius 2 is 2.24 bits per heavy atom. The molecule has 0 saturated carbocycles. The van der Waals surface area contributed by atoms with E-state index in [4.69, 9.17) is 11.6 Å². The fourth-order valence-corrected chi connectivity index (χ4v) is 2.07. The van der Waals surface area contributed by atoms with Gasteiger partial charge in [0.1, 0.15) is 5.82 Å². The van der Waals surface area contributed by atoms with Crippen LogP contribution in [0, 0.1) is 5.82 Å². The van der Waals surface area contributed by atoms with Crippen LogP contribution in [0.25, 0.3) is 0 Å². The van der Waals surface area contributed by atoms with Gasteiger partial charge in [-0.25, -0.2) is 9.37 Å². The zero-order chi connectivity index (χ0) is 12.4. The molecule has 1 N–H and O–H groups in total. The van der Waals surface area contributed by atoms with Gasteiger partial charge in [0, 0.05) is 12.1 Å². The van der Waals surface area contributed by atoms with Crippen molar-refractivity contribution in [1.82, 2.24) is 14.9 Å². The quantitative estimate of drug-likeness (QED) is 0.911. The number of nitrogens with one attached hydrogen (secondary N) is 1. The number of benzene rings is 1. The maximum atomic E-state index is 13.3. The molecule has 0 radical (unpaired) electrons. The smallest absolute Gasteiger partial charge is 0.123 e. The average Bonchev–Trinajstić information content (AvgIpc) is 2.71. The summed E-state index contributed by atoms with van der Waals surface area (Å²) in [6.45, 7) is 0. The van der Waals surface area contributed by atoms with Gasteiger partial charge < -0.3 is 9.88 Å². The summed E-state index contributed by atoms with van der Waals surface area (Å²) in [5, 5.41) is 3.65. The normalized spacial score (nSPS) is 12.7. The molecule has 0 aliphatic carbocycles. The molecule has 0 amide bonds. The van der Waals surface area contributed by atoms with Crippen LogP contribution >= 0.6 is 11.6 Å². The standard InChI is InChI=1S/C12H13ClFN3/c1-15-12(11-6-16-7-17(11)2)9-5-8(14)3-4-10(9)13/h3-7,12,15H,1-2H3. The number of hydrogen-bond acceptors (Lipinski definition) is 2. The molecule has 1 aromatic heterocycles. The number of rotatable bonds is 3. The van der Waals surface area contributed by atoms with Crippen molar-refractivity contribution < 1.29 is 4.39 Å². The van der Waals surface area contributed by atoms with E-state index in [0.717, 1.165) is 5.69 Å². The molecule has 1 heterocycles. The summed E-state index contributed by atoms with van der Waals surface area (Å²) >= 11 is 6.10. The van der Waals surface area contributed by atoms with Gasteiger partial charge in [0.05, 0.1) is 24.3 Å². The zero-order valence-corrected chi connectivity index (χ0v) is 10.4. The predicted molar refractivity (Wildman–Crippen MR) is 65.5 cm³/mol. The Morgan fingerprint density at radius 1 is 1.47 bits per heavy atom. The molecule has 1 unspecified atom stereocenters. The highest BCUT2D eigenvalue weighted by molar-refractivity contribution is 6.31. The van der Waals surface area contributed by atoms with Crippen molar-refractivity contribution in [2.24, 2.45) is 7.05 Å². The van der Waals surface area contributed by atoms with Gasteiger partial charge >= 0.3 is 0 Å². The van der Waals surface area contributed by atoms with Crippen molar-refractivity contribution in [2.45, 2.75) is 6.04 Å². The van der Waals surface area contributed by atoms with E-state index in [-0.39, 0.29) is 11.9 Å². The third kappa shape index (κ3) is 2.33. The largest absolute Gasteiger partial charge is 0.336 e. The summed E-state index contributed by atoms with van der Waals surface area (Å²) < 4.78 is 15.2.